The maximum absolute atomic E-state index is 5.47. The lowest BCUT2D eigenvalue weighted by Crippen LogP contribution is -1.89. The van der Waals surface area contributed by atoms with E-state index in [0.29, 0.717) is 17.3 Å². The fourth-order valence-electron chi connectivity index (χ4n) is 0.985. The summed E-state index contributed by atoms with van der Waals surface area (Å²) in [6.07, 6.45) is 2.75. The van der Waals surface area contributed by atoms with Crippen molar-refractivity contribution in [3.05, 3.63) is 24.4 Å². The molecule has 1 radical (unpaired) electrons. The molecule has 2 aromatic heterocycles. The molecule has 0 aliphatic rings. The van der Waals surface area contributed by atoms with Gasteiger partial charge in [-0.3, -0.25) is 5.10 Å². The van der Waals surface area contributed by atoms with Gasteiger partial charge in [-0.1, -0.05) is 0 Å². The number of anilines is 2. The molecule has 0 aliphatic carbocycles. The maximum Gasteiger partial charge on any atom is 0.124 e. The average Bonchev–Trinajstić information content (AvgIpc) is 2.53. The standard InChI is InChI=1S/C8H8N5/c9-7-2-1-5(4-11-7)6-3-8(10)13-12-6/h1-3H,(H2,9,11)(H3,10,12,13). The van der Waals surface area contributed by atoms with Crippen LogP contribution >= 0.6 is 0 Å². The zero-order valence-corrected chi connectivity index (χ0v) is 6.78. The second-order valence-electron chi connectivity index (χ2n) is 2.60. The highest BCUT2D eigenvalue weighted by atomic mass is 15.2. The summed E-state index contributed by atoms with van der Waals surface area (Å²) >= 11 is 0. The second-order valence-corrected chi connectivity index (χ2v) is 2.60. The maximum atomic E-state index is 5.47. The lowest BCUT2D eigenvalue weighted by atomic mass is 10.2. The van der Waals surface area contributed by atoms with Gasteiger partial charge in [0.1, 0.15) is 17.8 Å². The van der Waals surface area contributed by atoms with Crippen molar-refractivity contribution in [1.29, 1.82) is 0 Å². The Bertz CT molecular complexity index is 403. The van der Waals surface area contributed by atoms with Gasteiger partial charge in [-0.15, -0.1) is 0 Å². The minimum Gasteiger partial charge on any atom is -0.384 e. The van der Waals surface area contributed by atoms with Gasteiger partial charge in [-0.25, -0.2) is 4.98 Å². The van der Waals surface area contributed by atoms with E-state index in [2.05, 4.69) is 21.4 Å². The predicted molar refractivity (Wildman–Crippen MR) is 49.5 cm³/mol. The third kappa shape index (κ3) is 1.44. The summed E-state index contributed by atoms with van der Waals surface area (Å²) in [5.41, 5.74) is 12.4. The van der Waals surface area contributed by atoms with Gasteiger partial charge in [0.15, 0.2) is 0 Å². The first-order valence-corrected chi connectivity index (χ1v) is 3.71. The minimum atomic E-state index is 0.437. The molecular formula is C8H8N5. The van der Waals surface area contributed by atoms with Gasteiger partial charge < -0.3 is 11.5 Å². The third-order valence-corrected chi connectivity index (χ3v) is 1.60. The third-order valence-electron chi connectivity index (χ3n) is 1.60. The Morgan fingerprint density at radius 1 is 1.31 bits per heavy atom. The van der Waals surface area contributed by atoms with E-state index >= 15 is 0 Å². The largest absolute Gasteiger partial charge is 0.384 e. The number of pyridine rings is 1. The van der Waals surface area contributed by atoms with Crippen LogP contribution in [0.5, 0.6) is 0 Å². The molecule has 5 nitrogen and oxygen atoms in total. The number of aromatic amines is 1. The van der Waals surface area contributed by atoms with E-state index in [-0.39, 0.29) is 0 Å². The zero-order chi connectivity index (χ0) is 9.26. The summed E-state index contributed by atoms with van der Waals surface area (Å²) in [5.74, 6) is 0.951. The number of nitrogens with zero attached hydrogens (tertiary/aromatic N) is 2. The van der Waals surface area contributed by atoms with E-state index < -0.39 is 0 Å². The molecule has 0 aromatic carbocycles. The summed E-state index contributed by atoms with van der Waals surface area (Å²) < 4.78 is 0. The zero-order valence-electron chi connectivity index (χ0n) is 6.78. The molecule has 0 amide bonds. The van der Waals surface area contributed by atoms with Crippen molar-refractivity contribution in [3.8, 4) is 11.3 Å². The molecule has 65 valence electrons. The van der Waals surface area contributed by atoms with Crippen molar-refractivity contribution in [2.24, 2.45) is 0 Å². The average molecular weight is 174 g/mol. The lowest BCUT2D eigenvalue weighted by Gasteiger charge is -1.93. The smallest absolute Gasteiger partial charge is 0.124 e. The normalized spacial score (nSPS) is 10.2. The minimum absolute atomic E-state index is 0.437. The van der Waals surface area contributed by atoms with Crippen molar-refractivity contribution >= 4 is 11.6 Å². The molecule has 5 N–H and O–H groups in total. The predicted octanol–water partition coefficient (Wildman–Crippen LogP) is 0.436. The second kappa shape index (κ2) is 2.78. The van der Waals surface area contributed by atoms with Gasteiger partial charge in [0.2, 0.25) is 0 Å². The molecule has 0 saturated carbocycles. The van der Waals surface area contributed by atoms with Crippen molar-refractivity contribution in [2.45, 2.75) is 0 Å². The van der Waals surface area contributed by atoms with Crippen molar-refractivity contribution < 1.29 is 0 Å². The van der Waals surface area contributed by atoms with Gasteiger partial charge >= 0.3 is 0 Å². The Labute approximate surface area is 74.8 Å². The number of nitrogens with two attached hydrogens (primary N) is 2. The van der Waals surface area contributed by atoms with Crippen LogP contribution in [0, 0.1) is 6.20 Å². The summed E-state index contributed by atoms with van der Waals surface area (Å²) in [7, 11) is 0. The Morgan fingerprint density at radius 2 is 2.15 bits per heavy atom. The van der Waals surface area contributed by atoms with E-state index in [0.717, 1.165) is 5.56 Å². The molecule has 0 saturated heterocycles. The molecule has 2 rings (SSSR count). The summed E-state index contributed by atoms with van der Waals surface area (Å²) in [6.45, 7) is 0. The summed E-state index contributed by atoms with van der Waals surface area (Å²) in [6, 6.07) is 5.19. The highest BCUT2D eigenvalue weighted by Crippen LogP contribution is 2.17. The Hall–Kier alpha value is -2.04. The van der Waals surface area contributed by atoms with Crippen LogP contribution in [0.3, 0.4) is 0 Å². The highest BCUT2D eigenvalue weighted by Gasteiger charge is 2.01. The van der Waals surface area contributed by atoms with Gasteiger partial charge in [0.25, 0.3) is 0 Å². The molecule has 0 unspecified atom stereocenters. The van der Waals surface area contributed by atoms with Gasteiger partial charge in [0.05, 0.1) is 5.69 Å². The van der Waals surface area contributed by atoms with Crippen LogP contribution in [0.2, 0.25) is 0 Å². The van der Waals surface area contributed by atoms with Crippen molar-refractivity contribution in [3.63, 3.8) is 0 Å². The van der Waals surface area contributed by atoms with Gasteiger partial charge in [-0.2, -0.15) is 5.10 Å². The summed E-state index contributed by atoms with van der Waals surface area (Å²) in [5, 5.41) is 6.58. The van der Waals surface area contributed by atoms with Crippen LogP contribution in [0.4, 0.5) is 11.6 Å². The van der Waals surface area contributed by atoms with E-state index in [9.17, 15) is 0 Å². The first-order chi connectivity index (χ1) is 6.25. The topological polar surface area (TPSA) is 93.6 Å². The number of H-pyrrole nitrogens is 1. The first kappa shape index (κ1) is 7.60. The number of aromatic nitrogens is 3. The number of nitrogens with one attached hydrogen (secondary N) is 1. The lowest BCUT2D eigenvalue weighted by molar-refractivity contribution is 1.10. The quantitative estimate of drug-likeness (QED) is 0.584. The van der Waals surface area contributed by atoms with E-state index in [1.165, 1.54) is 0 Å². The van der Waals surface area contributed by atoms with Crippen molar-refractivity contribution in [1.82, 2.24) is 15.2 Å². The molecule has 2 aromatic rings. The molecule has 0 bridgehead atoms. The Morgan fingerprint density at radius 3 is 2.69 bits per heavy atom. The van der Waals surface area contributed by atoms with Crippen molar-refractivity contribution in [2.75, 3.05) is 11.5 Å². The number of hydrogen-bond acceptors (Lipinski definition) is 4. The molecule has 5 heteroatoms. The fourth-order valence-corrected chi connectivity index (χ4v) is 0.985. The van der Waals surface area contributed by atoms with Gasteiger partial charge in [-0.05, 0) is 12.1 Å². The van der Waals surface area contributed by atoms with Crippen LogP contribution in [0.25, 0.3) is 11.3 Å². The van der Waals surface area contributed by atoms with Crippen LogP contribution in [-0.4, -0.2) is 15.2 Å². The van der Waals surface area contributed by atoms with Crippen LogP contribution in [0.15, 0.2) is 18.2 Å². The Balaban J connectivity index is 2.41. The van der Waals surface area contributed by atoms with Crippen LogP contribution < -0.4 is 11.5 Å². The summed E-state index contributed by atoms with van der Waals surface area (Å²) in [4.78, 5) is 3.82. The fraction of sp³-hybridized carbons (Fsp3) is 0. The van der Waals surface area contributed by atoms with E-state index in [1.807, 2.05) is 0 Å². The molecule has 2 heterocycles. The monoisotopic (exact) mass is 174 g/mol. The van der Waals surface area contributed by atoms with Crippen LogP contribution in [0.1, 0.15) is 0 Å². The highest BCUT2D eigenvalue weighted by molar-refractivity contribution is 5.61. The number of nitrogen functional groups attached to an aromatic ring is 2. The number of hydrogen-bond donors (Lipinski definition) is 3. The Kier molecular flexibility index (Phi) is 1.63. The SMILES string of the molecule is Nc1ccc(-c2cc(N)[nH]n2)[c]n1. The van der Waals surface area contributed by atoms with E-state index in [4.69, 9.17) is 11.5 Å². The van der Waals surface area contributed by atoms with Crippen LogP contribution in [-0.2, 0) is 0 Å². The molecule has 13 heavy (non-hydrogen) atoms. The molecule has 0 aliphatic heterocycles. The first-order valence-electron chi connectivity index (χ1n) is 3.71. The molecule has 0 atom stereocenters. The van der Waals surface area contributed by atoms with E-state index in [1.54, 1.807) is 18.2 Å². The number of rotatable bonds is 1. The molecule has 0 spiro atoms. The molecular weight excluding hydrogens is 166 g/mol. The van der Waals surface area contributed by atoms with Gasteiger partial charge in [0, 0.05) is 11.6 Å². The molecule has 0 fully saturated rings.